The largest absolute Gasteiger partial charge is 0.478 e. The standard InChI is InChI=1S/C14H14N2O5/c1-8-6-9(2-3-10(8)14(20)21)15-11-7-12(18)16(4-5-17)13(11)19/h2-3,6-7,15,17H,4-5H2,1H3,(H,20,21). The molecule has 7 nitrogen and oxygen atoms in total. The first kappa shape index (κ1) is 14.7. The quantitative estimate of drug-likeness (QED) is 0.675. The maximum absolute atomic E-state index is 11.9. The summed E-state index contributed by atoms with van der Waals surface area (Å²) in [5.41, 5.74) is 1.31. The third-order valence-corrected chi connectivity index (χ3v) is 3.07. The molecule has 110 valence electrons. The fraction of sp³-hybridized carbons (Fsp3) is 0.214. The van der Waals surface area contributed by atoms with E-state index in [9.17, 15) is 14.4 Å². The van der Waals surface area contributed by atoms with Gasteiger partial charge in [-0.15, -0.1) is 0 Å². The van der Waals surface area contributed by atoms with Crippen molar-refractivity contribution in [1.82, 2.24) is 4.90 Å². The number of nitrogens with one attached hydrogen (secondary N) is 1. The third-order valence-electron chi connectivity index (χ3n) is 3.07. The summed E-state index contributed by atoms with van der Waals surface area (Å²) >= 11 is 0. The maximum Gasteiger partial charge on any atom is 0.335 e. The van der Waals surface area contributed by atoms with E-state index in [1.807, 2.05) is 0 Å². The number of aromatic carboxylic acids is 1. The van der Waals surface area contributed by atoms with Crippen molar-refractivity contribution >= 4 is 23.5 Å². The molecule has 0 spiro atoms. The lowest BCUT2D eigenvalue weighted by Crippen LogP contribution is -2.34. The number of carboxylic acids is 1. The molecule has 1 aliphatic heterocycles. The van der Waals surface area contributed by atoms with E-state index in [1.54, 1.807) is 13.0 Å². The molecule has 0 fully saturated rings. The van der Waals surface area contributed by atoms with Gasteiger partial charge in [-0.25, -0.2) is 4.79 Å². The number of benzene rings is 1. The number of carboxylic acid groups (broad SMARTS) is 1. The molecule has 2 rings (SSSR count). The van der Waals surface area contributed by atoms with E-state index < -0.39 is 17.8 Å². The van der Waals surface area contributed by atoms with Crippen LogP contribution in [0.25, 0.3) is 0 Å². The molecule has 2 amide bonds. The number of aryl methyl sites for hydroxylation is 1. The average Bonchev–Trinajstić information content (AvgIpc) is 2.66. The second-order valence-electron chi connectivity index (χ2n) is 4.54. The molecule has 0 bridgehead atoms. The highest BCUT2D eigenvalue weighted by molar-refractivity contribution is 6.17. The Kier molecular flexibility index (Phi) is 4.04. The number of nitrogens with zero attached hydrogens (tertiary/aromatic N) is 1. The smallest absolute Gasteiger partial charge is 0.335 e. The Morgan fingerprint density at radius 1 is 1.33 bits per heavy atom. The van der Waals surface area contributed by atoms with Crippen LogP contribution < -0.4 is 5.32 Å². The van der Waals surface area contributed by atoms with E-state index in [4.69, 9.17) is 10.2 Å². The minimum atomic E-state index is -1.03. The highest BCUT2D eigenvalue weighted by Crippen LogP contribution is 2.20. The summed E-state index contributed by atoms with van der Waals surface area (Å²) in [5.74, 6) is -2.04. The highest BCUT2D eigenvalue weighted by Gasteiger charge is 2.30. The number of aliphatic hydroxyl groups excluding tert-OH is 1. The second kappa shape index (κ2) is 5.76. The molecular weight excluding hydrogens is 276 g/mol. The van der Waals surface area contributed by atoms with E-state index in [-0.39, 0.29) is 24.4 Å². The van der Waals surface area contributed by atoms with Crippen LogP contribution in [0.5, 0.6) is 0 Å². The molecule has 21 heavy (non-hydrogen) atoms. The number of hydrogen-bond acceptors (Lipinski definition) is 5. The van der Waals surface area contributed by atoms with Crippen LogP contribution in [-0.4, -0.2) is 46.0 Å². The molecule has 0 aromatic heterocycles. The topological polar surface area (TPSA) is 107 Å². The highest BCUT2D eigenvalue weighted by atomic mass is 16.4. The Morgan fingerprint density at radius 2 is 2.05 bits per heavy atom. The summed E-state index contributed by atoms with van der Waals surface area (Å²) in [4.78, 5) is 35.4. The van der Waals surface area contributed by atoms with Crippen molar-refractivity contribution in [3.63, 3.8) is 0 Å². The van der Waals surface area contributed by atoms with E-state index in [1.165, 1.54) is 12.1 Å². The van der Waals surface area contributed by atoms with Gasteiger partial charge in [-0.1, -0.05) is 0 Å². The number of imide groups is 1. The van der Waals surface area contributed by atoms with E-state index in [0.717, 1.165) is 11.0 Å². The monoisotopic (exact) mass is 290 g/mol. The van der Waals surface area contributed by atoms with Gasteiger partial charge >= 0.3 is 5.97 Å². The van der Waals surface area contributed by atoms with Gasteiger partial charge in [0.1, 0.15) is 5.70 Å². The number of amides is 2. The van der Waals surface area contributed by atoms with E-state index in [2.05, 4.69) is 5.32 Å². The van der Waals surface area contributed by atoms with Crippen LogP contribution in [0.1, 0.15) is 15.9 Å². The Labute approximate surface area is 120 Å². The molecule has 0 aliphatic carbocycles. The van der Waals surface area contributed by atoms with E-state index in [0.29, 0.717) is 11.3 Å². The lowest BCUT2D eigenvalue weighted by molar-refractivity contribution is -0.137. The van der Waals surface area contributed by atoms with Crippen molar-refractivity contribution in [2.24, 2.45) is 0 Å². The summed E-state index contributed by atoms with van der Waals surface area (Å²) in [5, 5.41) is 20.6. The zero-order chi connectivity index (χ0) is 15.6. The van der Waals surface area contributed by atoms with Crippen molar-refractivity contribution in [1.29, 1.82) is 0 Å². The van der Waals surface area contributed by atoms with Gasteiger partial charge in [0.15, 0.2) is 0 Å². The van der Waals surface area contributed by atoms with Crippen molar-refractivity contribution < 1.29 is 24.6 Å². The molecule has 7 heteroatoms. The van der Waals surface area contributed by atoms with Crippen molar-refractivity contribution in [3.8, 4) is 0 Å². The summed E-state index contributed by atoms with van der Waals surface area (Å²) in [6.45, 7) is 1.28. The molecule has 1 aromatic carbocycles. The Bertz CT molecular complexity index is 651. The van der Waals surface area contributed by atoms with Crippen LogP contribution in [0.4, 0.5) is 5.69 Å². The summed E-state index contributed by atoms with van der Waals surface area (Å²) in [6.07, 6.45) is 1.15. The predicted molar refractivity (Wildman–Crippen MR) is 73.6 cm³/mol. The first-order valence-corrected chi connectivity index (χ1v) is 6.23. The van der Waals surface area contributed by atoms with Crippen LogP contribution in [-0.2, 0) is 9.59 Å². The minimum Gasteiger partial charge on any atom is -0.478 e. The number of aliphatic hydroxyl groups is 1. The second-order valence-corrected chi connectivity index (χ2v) is 4.54. The zero-order valence-electron chi connectivity index (χ0n) is 11.3. The molecule has 1 aromatic rings. The van der Waals surface area contributed by atoms with Gasteiger partial charge in [0.2, 0.25) is 0 Å². The third kappa shape index (κ3) is 2.92. The SMILES string of the molecule is Cc1cc(NC2=CC(=O)N(CCO)C2=O)ccc1C(=O)O. The lowest BCUT2D eigenvalue weighted by Gasteiger charge is -2.13. The van der Waals surface area contributed by atoms with Crippen molar-refractivity contribution in [2.45, 2.75) is 6.92 Å². The number of β-amino-alcohol motifs (C(OH)–C–C–N with tert-alkyl or cyclic N) is 1. The van der Waals surface area contributed by atoms with E-state index >= 15 is 0 Å². The van der Waals surface area contributed by atoms with Gasteiger partial charge in [-0.2, -0.15) is 0 Å². The van der Waals surface area contributed by atoms with Gasteiger partial charge in [0, 0.05) is 11.8 Å². The van der Waals surface area contributed by atoms with Crippen molar-refractivity contribution in [3.05, 3.63) is 41.1 Å². The Morgan fingerprint density at radius 3 is 2.62 bits per heavy atom. The van der Waals surface area contributed by atoms with Crippen LogP contribution in [0, 0.1) is 6.92 Å². The van der Waals surface area contributed by atoms with Gasteiger partial charge in [0.05, 0.1) is 18.7 Å². The first-order valence-electron chi connectivity index (χ1n) is 6.23. The fourth-order valence-electron chi connectivity index (χ4n) is 2.05. The number of carbonyl (C=O) groups is 3. The number of rotatable bonds is 5. The van der Waals surface area contributed by atoms with Gasteiger partial charge in [0.25, 0.3) is 11.8 Å². The van der Waals surface area contributed by atoms with Crippen LogP contribution in [0.3, 0.4) is 0 Å². The van der Waals surface area contributed by atoms with Crippen LogP contribution in [0.15, 0.2) is 30.0 Å². The van der Waals surface area contributed by atoms with Crippen LogP contribution >= 0.6 is 0 Å². The molecule has 3 N–H and O–H groups in total. The van der Waals surface area contributed by atoms with Gasteiger partial charge in [-0.05, 0) is 30.7 Å². The van der Waals surface area contributed by atoms with Crippen LogP contribution in [0.2, 0.25) is 0 Å². The normalized spacial score (nSPS) is 14.4. The molecule has 1 heterocycles. The molecule has 1 aliphatic rings. The maximum atomic E-state index is 11.9. The van der Waals surface area contributed by atoms with Gasteiger partial charge in [-0.3, -0.25) is 14.5 Å². The predicted octanol–water partition coefficient (Wildman–Crippen LogP) is 0.350. The molecule has 0 unspecified atom stereocenters. The Balaban J connectivity index is 2.18. The molecule has 0 radical (unpaired) electrons. The fourth-order valence-corrected chi connectivity index (χ4v) is 2.05. The molecule has 0 atom stereocenters. The molecule has 0 saturated heterocycles. The zero-order valence-corrected chi connectivity index (χ0v) is 11.3. The molecular formula is C14H14N2O5. The first-order chi connectivity index (χ1) is 9.93. The number of anilines is 1. The Hall–Kier alpha value is -2.67. The average molecular weight is 290 g/mol. The lowest BCUT2D eigenvalue weighted by atomic mass is 10.1. The van der Waals surface area contributed by atoms with Crippen molar-refractivity contribution in [2.75, 3.05) is 18.5 Å². The molecule has 0 saturated carbocycles. The summed E-state index contributed by atoms with van der Waals surface area (Å²) in [6, 6.07) is 4.52. The number of hydrogen-bond donors (Lipinski definition) is 3. The number of carbonyl (C=O) groups excluding carboxylic acids is 2. The summed E-state index contributed by atoms with van der Waals surface area (Å²) < 4.78 is 0. The summed E-state index contributed by atoms with van der Waals surface area (Å²) in [7, 11) is 0. The van der Waals surface area contributed by atoms with Gasteiger partial charge < -0.3 is 15.5 Å². The minimum absolute atomic E-state index is 0.0592.